The van der Waals surface area contributed by atoms with E-state index in [0.29, 0.717) is 11.3 Å². The van der Waals surface area contributed by atoms with Crippen molar-refractivity contribution in [2.75, 3.05) is 5.32 Å². The molecule has 0 saturated carbocycles. The number of sulfonamides is 1. The van der Waals surface area contributed by atoms with E-state index in [4.69, 9.17) is 4.42 Å². The van der Waals surface area contributed by atoms with Crippen LogP contribution in [-0.4, -0.2) is 20.2 Å². The molecule has 30 heavy (non-hydrogen) atoms. The SMILES string of the molecule is CC(=O)NS(=O)(=O)c1ccc(NC(=O)Cc2coc3ccc4ccccc4c23)cc1. The molecular formula is C22H18N2O5S. The van der Waals surface area contributed by atoms with Gasteiger partial charge in [-0.1, -0.05) is 30.3 Å². The van der Waals surface area contributed by atoms with E-state index in [1.54, 1.807) is 6.26 Å². The minimum absolute atomic E-state index is 0.0667. The van der Waals surface area contributed by atoms with E-state index >= 15 is 0 Å². The van der Waals surface area contributed by atoms with Gasteiger partial charge >= 0.3 is 0 Å². The van der Waals surface area contributed by atoms with Crippen LogP contribution in [0.4, 0.5) is 5.69 Å². The van der Waals surface area contributed by atoms with Gasteiger partial charge in [0.1, 0.15) is 5.58 Å². The zero-order valence-electron chi connectivity index (χ0n) is 16.0. The van der Waals surface area contributed by atoms with Crippen LogP contribution < -0.4 is 10.0 Å². The molecule has 0 saturated heterocycles. The minimum atomic E-state index is -3.92. The van der Waals surface area contributed by atoms with E-state index in [9.17, 15) is 18.0 Å². The average Bonchev–Trinajstić information content (AvgIpc) is 3.10. The van der Waals surface area contributed by atoms with Gasteiger partial charge in [0.2, 0.25) is 11.8 Å². The Labute approximate surface area is 172 Å². The number of fused-ring (bicyclic) bond motifs is 3. The fraction of sp³-hybridized carbons (Fsp3) is 0.0909. The number of benzene rings is 3. The fourth-order valence-corrected chi connectivity index (χ4v) is 4.34. The second-order valence-corrected chi connectivity index (χ2v) is 8.51. The molecule has 0 bridgehead atoms. The number of carbonyl (C=O) groups is 2. The van der Waals surface area contributed by atoms with Gasteiger partial charge in [0.05, 0.1) is 17.6 Å². The van der Waals surface area contributed by atoms with Crippen LogP contribution in [0.1, 0.15) is 12.5 Å². The molecule has 0 aliphatic carbocycles. The summed E-state index contributed by atoms with van der Waals surface area (Å²) in [5.74, 6) is -0.935. The summed E-state index contributed by atoms with van der Waals surface area (Å²) in [6.45, 7) is 1.12. The van der Waals surface area contributed by atoms with Crippen molar-refractivity contribution in [3.05, 3.63) is 72.5 Å². The van der Waals surface area contributed by atoms with Crippen molar-refractivity contribution in [2.45, 2.75) is 18.2 Å². The van der Waals surface area contributed by atoms with Gasteiger partial charge in [0, 0.05) is 23.6 Å². The van der Waals surface area contributed by atoms with Gasteiger partial charge in [-0.05, 0) is 41.1 Å². The van der Waals surface area contributed by atoms with Crippen LogP contribution in [0.3, 0.4) is 0 Å². The van der Waals surface area contributed by atoms with Crippen molar-refractivity contribution in [1.29, 1.82) is 0 Å². The van der Waals surface area contributed by atoms with Crippen molar-refractivity contribution in [2.24, 2.45) is 0 Å². The monoisotopic (exact) mass is 422 g/mol. The van der Waals surface area contributed by atoms with E-state index in [1.165, 1.54) is 24.3 Å². The minimum Gasteiger partial charge on any atom is -0.464 e. The molecule has 1 aromatic heterocycles. The smallest absolute Gasteiger partial charge is 0.264 e. The van der Waals surface area contributed by atoms with Crippen LogP contribution in [0, 0.1) is 0 Å². The summed E-state index contributed by atoms with van der Waals surface area (Å²) in [5, 5.41) is 5.72. The van der Waals surface area contributed by atoms with Crippen LogP contribution in [0.25, 0.3) is 21.7 Å². The standard InChI is InChI=1S/C22H18N2O5S/c1-14(25)24-30(27,28)18-9-7-17(8-10-18)23-21(26)12-16-13-29-20-11-6-15-4-2-3-5-19(15)22(16)20/h2-11,13H,12H2,1H3,(H,23,26)(H,24,25). The summed E-state index contributed by atoms with van der Waals surface area (Å²) < 4.78 is 31.5. The van der Waals surface area contributed by atoms with Gasteiger partial charge in [-0.2, -0.15) is 0 Å². The third kappa shape index (κ3) is 3.90. The van der Waals surface area contributed by atoms with Gasteiger partial charge in [-0.25, -0.2) is 13.1 Å². The van der Waals surface area contributed by atoms with Crippen molar-refractivity contribution in [3.8, 4) is 0 Å². The molecule has 0 aliphatic heterocycles. The van der Waals surface area contributed by atoms with Crippen molar-refractivity contribution < 1.29 is 22.4 Å². The molecule has 2 amide bonds. The van der Waals surface area contributed by atoms with Crippen molar-refractivity contribution in [1.82, 2.24) is 4.72 Å². The molecule has 1 heterocycles. The third-order valence-corrected chi connectivity index (χ3v) is 6.07. The fourth-order valence-electron chi connectivity index (χ4n) is 3.35. The Morgan fingerprint density at radius 1 is 0.967 bits per heavy atom. The molecule has 4 rings (SSSR count). The molecule has 152 valence electrons. The first kappa shape index (κ1) is 19.7. The van der Waals surface area contributed by atoms with Crippen LogP contribution in [0.2, 0.25) is 0 Å². The summed E-state index contributed by atoms with van der Waals surface area (Å²) in [6, 6.07) is 17.3. The maximum absolute atomic E-state index is 12.6. The molecule has 2 N–H and O–H groups in total. The maximum atomic E-state index is 12.6. The molecule has 0 atom stereocenters. The molecular weight excluding hydrogens is 404 g/mol. The Morgan fingerprint density at radius 3 is 2.43 bits per heavy atom. The Kier molecular flexibility index (Phi) is 5.01. The quantitative estimate of drug-likeness (QED) is 0.511. The number of hydrogen-bond acceptors (Lipinski definition) is 5. The van der Waals surface area contributed by atoms with Crippen molar-refractivity contribution >= 4 is 49.3 Å². The number of amides is 2. The predicted octanol–water partition coefficient (Wildman–Crippen LogP) is 3.59. The Morgan fingerprint density at radius 2 is 1.70 bits per heavy atom. The second-order valence-electron chi connectivity index (χ2n) is 6.83. The lowest BCUT2D eigenvalue weighted by Crippen LogP contribution is -2.28. The molecule has 0 aliphatic rings. The number of rotatable bonds is 5. The van der Waals surface area contributed by atoms with Crippen LogP contribution in [0.5, 0.6) is 0 Å². The number of nitrogens with one attached hydrogen (secondary N) is 2. The van der Waals surface area contributed by atoms with Gasteiger partial charge in [0.25, 0.3) is 10.0 Å². The molecule has 0 fully saturated rings. The molecule has 8 heteroatoms. The van der Waals surface area contributed by atoms with E-state index in [-0.39, 0.29) is 17.2 Å². The highest BCUT2D eigenvalue weighted by Gasteiger charge is 2.16. The second kappa shape index (κ2) is 7.64. The Balaban J connectivity index is 1.53. The summed E-state index contributed by atoms with van der Waals surface area (Å²) in [7, 11) is -3.92. The average molecular weight is 422 g/mol. The highest BCUT2D eigenvalue weighted by Crippen LogP contribution is 2.30. The molecule has 3 aromatic carbocycles. The lowest BCUT2D eigenvalue weighted by Gasteiger charge is -2.08. The molecule has 0 radical (unpaired) electrons. The zero-order valence-corrected chi connectivity index (χ0v) is 16.8. The van der Waals surface area contributed by atoms with Gasteiger partial charge in [-0.3, -0.25) is 9.59 Å². The van der Waals surface area contributed by atoms with Gasteiger partial charge in [-0.15, -0.1) is 0 Å². The van der Waals surface area contributed by atoms with Crippen LogP contribution in [-0.2, 0) is 26.0 Å². The first-order valence-corrected chi connectivity index (χ1v) is 10.6. The predicted molar refractivity (Wildman–Crippen MR) is 113 cm³/mol. The summed E-state index contributed by atoms with van der Waals surface area (Å²) in [4.78, 5) is 23.5. The van der Waals surface area contributed by atoms with Gasteiger partial charge in [0.15, 0.2) is 0 Å². The normalized spacial score (nSPS) is 11.5. The largest absolute Gasteiger partial charge is 0.464 e. The Hall–Kier alpha value is -3.65. The van der Waals surface area contributed by atoms with Crippen molar-refractivity contribution in [3.63, 3.8) is 0 Å². The topological polar surface area (TPSA) is 105 Å². The van der Waals surface area contributed by atoms with E-state index in [2.05, 4.69) is 5.32 Å². The number of anilines is 1. The van der Waals surface area contributed by atoms with Crippen LogP contribution >= 0.6 is 0 Å². The highest BCUT2D eigenvalue weighted by atomic mass is 32.2. The maximum Gasteiger partial charge on any atom is 0.264 e. The van der Waals surface area contributed by atoms with E-state index < -0.39 is 15.9 Å². The van der Waals surface area contributed by atoms with Gasteiger partial charge < -0.3 is 9.73 Å². The highest BCUT2D eigenvalue weighted by molar-refractivity contribution is 7.90. The Bertz CT molecular complexity index is 1370. The third-order valence-electron chi connectivity index (χ3n) is 4.62. The first-order valence-electron chi connectivity index (χ1n) is 9.14. The molecule has 4 aromatic rings. The summed E-state index contributed by atoms with van der Waals surface area (Å²) in [6.07, 6.45) is 1.69. The molecule has 0 spiro atoms. The first-order chi connectivity index (χ1) is 14.3. The summed E-state index contributed by atoms with van der Waals surface area (Å²) >= 11 is 0. The zero-order chi connectivity index (χ0) is 21.3. The molecule has 0 unspecified atom stereocenters. The number of furan rings is 1. The lowest BCUT2D eigenvalue weighted by molar-refractivity contribution is -0.117. The number of hydrogen-bond donors (Lipinski definition) is 2. The lowest BCUT2D eigenvalue weighted by atomic mass is 10.0. The summed E-state index contributed by atoms with van der Waals surface area (Å²) in [5.41, 5.74) is 1.92. The van der Waals surface area contributed by atoms with E-state index in [0.717, 1.165) is 28.6 Å². The molecule has 7 nitrogen and oxygen atoms in total. The van der Waals surface area contributed by atoms with E-state index in [1.807, 2.05) is 41.1 Å². The van der Waals surface area contributed by atoms with Crippen LogP contribution in [0.15, 0.2) is 76.2 Å². The number of carbonyl (C=O) groups excluding carboxylic acids is 2.